The first-order valence-corrected chi connectivity index (χ1v) is 6.63. The molecular weight excluding hydrogens is 234 g/mol. The van der Waals surface area contributed by atoms with Crippen molar-refractivity contribution in [2.24, 2.45) is 0 Å². The summed E-state index contributed by atoms with van der Waals surface area (Å²) < 4.78 is 4.79. The lowest BCUT2D eigenvalue weighted by molar-refractivity contribution is -0.142. The Kier molecular flexibility index (Phi) is 6.08. The summed E-state index contributed by atoms with van der Waals surface area (Å²) in [6, 6.07) is 10.0. The Morgan fingerprint density at radius 3 is 2.53 bits per heavy atom. The van der Waals surface area contributed by atoms with Crippen LogP contribution in [0.4, 0.5) is 0 Å². The van der Waals surface area contributed by atoms with Gasteiger partial charge < -0.3 is 10.1 Å². The Morgan fingerprint density at radius 2 is 2.00 bits per heavy atom. The summed E-state index contributed by atoms with van der Waals surface area (Å²) in [7, 11) is 1.42. The van der Waals surface area contributed by atoms with Gasteiger partial charge in [0.15, 0.2) is 0 Å². The molecule has 3 nitrogen and oxygen atoms in total. The van der Waals surface area contributed by atoms with E-state index in [1.165, 1.54) is 7.11 Å². The molecule has 0 aliphatic heterocycles. The van der Waals surface area contributed by atoms with Crippen molar-refractivity contribution in [2.75, 3.05) is 12.9 Å². The van der Waals surface area contributed by atoms with Gasteiger partial charge in [-0.1, -0.05) is 32.0 Å². The molecule has 1 atom stereocenters. The highest BCUT2D eigenvalue weighted by atomic mass is 32.2. The molecule has 1 N–H and O–H groups in total. The predicted octanol–water partition coefficient (Wildman–Crippen LogP) is 2.32. The van der Waals surface area contributed by atoms with Crippen molar-refractivity contribution >= 4 is 17.7 Å². The van der Waals surface area contributed by atoms with E-state index in [0.29, 0.717) is 5.75 Å². The van der Waals surface area contributed by atoms with Crippen molar-refractivity contribution in [3.63, 3.8) is 0 Å². The highest BCUT2D eigenvalue weighted by Crippen LogP contribution is 2.18. The minimum atomic E-state index is -0.259. The molecule has 1 rings (SSSR count). The molecule has 17 heavy (non-hydrogen) atoms. The largest absolute Gasteiger partial charge is 0.468 e. The quantitative estimate of drug-likeness (QED) is 0.624. The molecule has 0 radical (unpaired) electrons. The van der Waals surface area contributed by atoms with Crippen molar-refractivity contribution < 1.29 is 9.53 Å². The molecular formula is C13H19NO2S. The van der Waals surface area contributed by atoms with E-state index in [1.54, 1.807) is 11.8 Å². The van der Waals surface area contributed by atoms with E-state index in [9.17, 15) is 4.79 Å². The molecule has 0 fully saturated rings. The monoisotopic (exact) mass is 253 g/mol. The summed E-state index contributed by atoms with van der Waals surface area (Å²) in [5.41, 5.74) is 0. The Bertz CT molecular complexity index is 341. The smallest absolute Gasteiger partial charge is 0.323 e. The number of nitrogens with one attached hydrogen (secondary N) is 1. The van der Waals surface area contributed by atoms with Crippen molar-refractivity contribution in [1.82, 2.24) is 5.32 Å². The van der Waals surface area contributed by atoms with Crippen LogP contribution < -0.4 is 5.32 Å². The Morgan fingerprint density at radius 1 is 1.35 bits per heavy atom. The molecule has 1 unspecified atom stereocenters. The summed E-state index contributed by atoms with van der Waals surface area (Å²) in [4.78, 5) is 12.7. The number of esters is 1. The van der Waals surface area contributed by atoms with E-state index in [-0.39, 0.29) is 18.1 Å². The average Bonchev–Trinajstić information content (AvgIpc) is 2.34. The van der Waals surface area contributed by atoms with Gasteiger partial charge in [0.25, 0.3) is 0 Å². The van der Waals surface area contributed by atoms with Gasteiger partial charge in [-0.3, -0.25) is 4.79 Å². The zero-order valence-electron chi connectivity index (χ0n) is 10.5. The van der Waals surface area contributed by atoms with Crippen molar-refractivity contribution in [1.29, 1.82) is 0 Å². The normalized spacial score (nSPS) is 12.5. The van der Waals surface area contributed by atoms with E-state index < -0.39 is 0 Å². The number of rotatable bonds is 6. The predicted molar refractivity (Wildman–Crippen MR) is 71.2 cm³/mol. The lowest BCUT2D eigenvalue weighted by Crippen LogP contribution is -2.43. The molecule has 0 saturated heterocycles. The maximum absolute atomic E-state index is 11.6. The fraction of sp³-hybridized carbons (Fsp3) is 0.462. The molecule has 0 aliphatic carbocycles. The first-order chi connectivity index (χ1) is 8.13. The van der Waals surface area contributed by atoms with Gasteiger partial charge in [0.1, 0.15) is 6.04 Å². The second-order valence-electron chi connectivity index (χ2n) is 4.02. The van der Waals surface area contributed by atoms with Gasteiger partial charge in [0.2, 0.25) is 0 Å². The zero-order chi connectivity index (χ0) is 12.7. The van der Waals surface area contributed by atoms with Crippen molar-refractivity contribution in [3.8, 4) is 0 Å². The van der Waals surface area contributed by atoms with E-state index >= 15 is 0 Å². The Labute approximate surface area is 107 Å². The van der Waals surface area contributed by atoms with Crippen LogP contribution in [0.1, 0.15) is 13.8 Å². The third kappa shape index (κ3) is 5.24. The number of ether oxygens (including phenoxy) is 1. The average molecular weight is 253 g/mol. The van der Waals surface area contributed by atoms with Gasteiger partial charge >= 0.3 is 5.97 Å². The molecule has 0 amide bonds. The van der Waals surface area contributed by atoms with Crippen LogP contribution in [0.2, 0.25) is 0 Å². The molecule has 0 saturated carbocycles. The molecule has 94 valence electrons. The Hall–Kier alpha value is -1.00. The minimum Gasteiger partial charge on any atom is -0.468 e. The fourth-order valence-corrected chi connectivity index (χ4v) is 2.37. The first-order valence-electron chi connectivity index (χ1n) is 5.65. The van der Waals surface area contributed by atoms with Gasteiger partial charge in [0.05, 0.1) is 7.11 Å². The highest BCUT2D eigenvalue weighted by molar-refractivity contribution is 7.99. The SMILES string of the molecule is COC(=O)C(CSc1ccccc1)NC(C)C. The molecule has 1 aromatic rings. The second kappa shape index (κ2) is 7.35. The molecule has 0 bridgehead atoms. The van der Waals surface area contributed by atoms with Crippen molar-refractivity contribution in [2.45, 2.75) is 30.8 Å². The van der Waals surface area contributed by atoms with Crippen LogP contribution in [-0.4, -0.2) is 30.9 Å². The summed E-state index contributed by atoms with van der Waals surface area (Å²) in [5, 5.41) is 3.21. The van der Waals surface area contributed by atoms with Gasteiger partial charge in [-0.15, -0.1) is 11.8 Å². The maximum atomic E-state index is 11.6. The molecule has 1 aromatic carbocycles. The Balaban J connectivity index is 2.52. The standard InChI is InChI=1S/C13H19NO2S/c1-10(2)14-12(13(15)16-3)9-17-11-7-5-4-6-8-11/h4-8,10,12,14H,9H2,1-3H3. The van der Waals surface area contributed by atoms with Crippen LogP contribution in [0.5, 0.6) is 0 Å². The van der Waals surface area contributed by atoms with Gasteiger partial charge in [-0.2, -0.15) is 0 Å². The van der Waals surface area contributed by atoms with E-state index in [2.05, 4.69) is 5.32 Å². The van der Waals surface area contributed by atoms with Crippen LogP contribution >= 0.6 is 11.8 Å². The molecule has 0 heterocycles. The lowest BCUT2D eigenvalue weighted by atomic mass is 10.3. The second-order valence-corrected chi connectivity index (χ2v) is 5.11. The number of hydrogen-bond acceptors (Lipinski definition) is 4. The lowest BCUT2D eigenvalue weighted by Gasteiger charge is -2.18. The number of carbonyl (C=O) groups excluding carboxylic acids is 1. The number of hydrogen-bond donors (Lipinski definition) is 1. The fourth-order valence-electron chi connectivity index (χ4n) is 1.43. The highest BCUT2D eigenvalue weighted by Gasteiger charge is 2.19. The molecule has 4 heteroatoms. The zero-order valence-corrected chi connectivity index (χ0v) is 11.3. The third-order valence-electron chi connectivity index (χ3n) is 2.18. The van der Waals surface area contributed by atoms with Crippen LogP contribution in [0, 0.1) is 0 Å². The number of thioether (sulfide) groups is 1. The van der Waals surface area contributed by atoms with Gasteiger partial charge in [0, 0.05) is 16.7 Å². The minimum absolute atomic E-state index is 0.206. The van der Waals surface area contributed by atoms with E-state index in [1.807, 2.05) is 44.2 Å². The summed E-state index contributed by atoms with van der Waals surface area (Å²) >= 11 is 1.65. The van der Waals surface area contributed by atoms with Crippen molar-refractivity contribution in [3.05, 3.63) is 30.3 Å². The topological polar surface area (TPSA) is 38.3 Å². The van der Waals surface area contributed by atoms with E-state index in [0.717, 1.165) is 4.90 Å². The summed E-state index contributed by atoms with van der Waals surface area (Å²) in [5.74, 6) is 0.469. The summed E-state index contributed by atoms with van der Waals surface area (Å²) in [6.07, 6.45) is 0. The summed E-state index contributed by atoms with van der Waals surface area (Å²) in [6.45, 7) is 4.03. The van der Waals surface area contributed by atoms with Crippen LogP contribution in [0.25, 0.3) is 0 Å². The molecule has 0 aliphatic rings. The number of benzene rings is 1. The number of methoxy groups -OCH3 is 1. The van der Waals surface area contributed by atoms with Gasteiger partial charge in [-0.05, 0) is 12.1 Å². The molecule has 0 aromatic heterocycles. The molecule has 0 spiro atoms. The maximum Gasteiger partial charge on any atom is 0.323 e. The third-order valence-corrected chi connectivity index (χ3v) is 3.29. The van der Waals surface area contributed by atoms with Crippen LogP contribution in [-0.2, 0) is 9.53 Å². The van der Waals surface area contributed by atoms with Crippen LogP contribution in [0.15, 0.2) is 35.2 Å². The first kappa shape index (κ1) is 14.1. The van der Waals surface area contributed by atoms with Crippen LogP contribution in [0.3, 0.4) is 0 Å². The number of carbonyl (C=O) groups is 1. The van der Waals surface area contributed by atoms with E-state index in [4.69, 9.17) is 4.74 Å². The van der Waals surface area contributed by atoms with Gasteiger partial charge in [-0.25, -0.2) is 0 Å².